The number of aromatic nitrogens is 2. The molecule has 0 atom stereocenters. The van der Waals surface area contributed by atoms with E-state index in [4.69, 9.17) is 58.0 Å². The lowest BCUT2D eigenvalue weighted by molar-refractivity contribution is 0.103. The molecule has 0 amide bonds. The normalized spacial score (nSPS) is 10.9. The van der Waals surface area contributed by atoms with E-state index in [1.54, 1.807) is 0 Å². The molecule has 0 aliphatic heterocycles. The lowest BCUT2D eigenvalue weighted by atomic mass is 10.1. The summed E-state index contributed by atoms with van der Waals surface area (Å²) in [6.07, 6.45) is 1.40. The predicted molar refractivity (Wildman–Crippen MR) is 98.9 cm³/mol. The fourth-order valence-electron chi connectivity index (χ4n) is 2.12. The van der Waals surface area contributed by atoms with Crippen LogP contribution in [0.1, 0.15) is 16.1 Å². The number of aromatic amines is 1. The molecule has 0 aliphatic carbocycles. The van der Waals surface area contributed by atoms with Crippen LogP contribution in [0.15, 0.2) is 36.5 Å². The molecule has 0 unspecified atom stereocenters. The average molecular weight is 421 g/mol. The molecule has 0 fully saturated rings. The van der Waals surface area contributed by atoms with Crippen molar-refractivity contribution >= 4 is 63.8 Å². The highest BCUT2D eigenvalue weighted by Gasteiger charge is 2.26. The molecular weight excluding hydrogens is 413 g/mol. The summed E-state index contributed by atoms with van der Waals surface area (Å²) in [6, 6.07) is 9.35. The zero-order valence-electron chi connectivity index (χ0n) is 11.7. The van der Waals surface area contributed by atoms with Gasteiger partial charge in [-0.05, 0) is 0 Å². The molecule has 1 N–H and O–H groups in total. The summed E-state index contributed by atoms with van der Waals surface area (Å²) in [5.41, 5.74) is 1.01. The fraction of sp³-hybridized carbons (Fsp3) is 0. The van der Waals surface area contributed by atoms with Gasteiger partial charge in [0.05, 0.1) is 36.9 Å². The third-order valence-electron chi connectivity index (χ3n) is 3.30. The van der Waals surface area contributed by atoms with Gasteiger partial charge in [0.1, 0.15) is 11.5 Å². The number of hydrogen-bond acceptors (Lipinski definition) is 2. The molecule has 0 spiro atoms. The summed E-state index contributed by atoms with van der Waals surface area (Å²) in [5, 5.41) is -0.175. The topological polar surface area (TPSA) is 45.8 Å². The van der Waals surface area contributed by atoms with Gasteiger partial charge in [0, 0.05) is 5.56 Å². The van der Waals surface area contributed by atoms with Gasteiger partial charge < -0.3 is 4.98 Å². The Morgan fingerprint density at radius 1 is 0.833 bits per heavy atom. The second-order valence-electron chi connectivity index (χ2n) is 4.79. The molecule has 3 rings (SSSR count). The molecule has 0 saturated carbocycles. The predicted octanol–water partition coefficient (Wildman–Crippen LogP) is 6.57. The van der Waals surface area contributed by atoms with Crippen molar-refractivity contribution in [2.45, 2.75) is 0 Å². The number of H-pyrrole nitrogens is 1. The van der Waals surface area contributed by atoms with Crippen molar-refractivity contribution in [3.05, 3.63) is 72.9 Å². The molecular formula is C16H7Cl5N2O. The summed E-state index contributed by atoms with van der Waals surface area (Å²) in [6.45, 7) is 0. The highest BCUT2D eigenvalue weighted by molar-refractivity contribution is 6.56. The van der Waals surface area contributed by atoms with E-state index in [1.807, 2.05) is 30.3 Å². The highest BCUT2D eigenvalue weighted by Crippen LogP contribution is 2.44. The molecule has 0 aliphatic rings. The summed E-state index contributed by atoms with van der Waals surface area (Å²) in [4.78, 5) is 19.9. The van der Waals surface area contributed by atoms with Crippen molar-refractivity contribution in [3.63, 3.8) is 0 Å². The number of benzene rings is 2. The molecule has 8 heteroatoms. The Hall–Kier alpha value is -1.23. The van der Waals surface area contributed by atoms with Crippen LogP contribution in [0.3, 0.4) is 0 Å². The van der Waals surface area contributed by atoms with Crippen molar-refractivity contribution in [1.29, 1.82) is 0 Å². The number of nitrogens with zero attached hydrogens (tertiary/aromatic N) is 1. The van der Waals surface area contributed by atoms with Crippen molar-refractivity contribution < 1.29 is 4.79 Å². The first-order valence-corrected chi connectivity index (χ1v) is 8.47. The van der Waals surface area contributed by atoms with Gasteiger partial charge in [-0.1, -0.05) is 88.3 Å². The minimum absolute atomic E-state index is 0.000492. The van der Waals surface area contributed by atoms with Gasteiger partial charge in [-0.2, -0.15) is 0 Å². The second-order valence-corrected chi connectivity index (χ2v) is 6.68. The smallest absolute Gasteiger partial charge is 0.213 e. The Kier molecular flexibility index (Phi) is 5.09. The van der Waals surface area contributed by atoms with Crippen molar-refractivity contribution in [2.24, 2.45) is 0 Å². The number of nitrogens with one attached hydrogen (secondary N) is 1. The van der Waals surface area contributed by atoms with Gasteiger partial charge in [0.2, 0.25) is 5.78 Å². The number of imidazole rings is 1. The van der Waals surface area contributed by atoms with E-state index in [-0.39, 0.29) is 36.4 Å². The van der Waals surface area contributed by atoms with Crippen molar-refractivity contribution in [2.75, 3.05) is 0 Å². The van der Waals surface area contributed by atoms with E-state index in [9.17, 15) is 4.79 Å². The summed E-state index contributed by atoms with van der Waals surface area (Å²) >= 11 is 30.2. The van der Waals surface area contributed by atoms with Crippen LogP contribution in [0.2, 0.25) is 25.1 Å². The van der Waals surface area contributed by atoms with Crippen LogP contribution in [-0.2, 0) is 0 Å². The second kappa shape index (κ2) is 6.95. The molecule has 0 radical (unpaired) electrons. The zero-order valence-corrected chi connectivity index (χ0v) is 15.5. The van der Waals surface area contributed by atoms with Gasteiger partial charge in [-0.15, -0.1) is 0 Å². The van der Waals surface area contributed by atoms with E-state index in [0.717, 1.165) is 5.56 Å². The third-order valence-corrected chi connectivity index (χ3v) is 5.58. The molecule has 122 valence electrons. The standard InChI is InChI=1S/C16H7Cl5N2O/c17-10-9(11(18)13(20)14(21)12(10)19)15(24)8-6-22-16(23-8)7-4-2-1-3-5-7/h1-6H,(H,22,23). The van der Waals surface area contributed by atoms with Gasteiger partial charge >= 0.3 is 0 Å². The van der Waals surface area contributed by atoms with Gasteiger partial charge in [-0.3, -0.25) is 4.79 Å². The summed E-state index contributed by atoms with van der Waals surface area (Å²) in [7, 11) is 0. The number of ketones is 1. The molecule has 3 aromatic rings. The third kappa shape index (κ3) is 3.03. The Bertz CT molecular complexity index is 908. The Balaban J connectivity index is 2.07. The van der Waals surface area contributed by atoms with E-state index >= 15 is 0 Å². The SMILES string of the molecule is O=C(c1cnc(-c2ccccc2)[nH]1)c1c(Cl)c(Cl)c(Cl)c(Cl)c1Cl. The van der Waals surface area contributed by atoms with Gasteiger partial charge in [0.25, 0.3) is 0 Å². The monoisotopic (exact) mass is 418 g/mol. The molecule has 24 heavy (non-hydrogen) atoms. The molecule has 3 nitrogen and oxygen atoms in total. The molecule has 1 heterocycles. The highest BCUT2D eigenvalue weighted by atomic mass is 35.5. The fourth-order valence-corrected chi connectivity index (χ4v) is 3.43. The molecule has 0 bridgehead atoms. The van der Waals surface area contributed by atoms with E-state index in [0.29, 0.717) is 5.82 Å². The first-order valence-electron chi connectivity index (χ1n) is 6.58. The average Bonchev–Trinajstić information content (AvgIpc) is 3.09. The quantitative estimate of drug-likeness (QED) is 0.296. The van der Waals surface area contributed by atoms with Crippen LogP contribution in [0.25, 0.3) is 11.4 Å². The summed E-state index contributed by atoms with van der Waals surface area (Å²) in [5.74, 6) is 0.0532. The van der Waals surface area contributed by atoms with Crippen LogP contribution in [0.4, 0.5) is 0 Å². The first-order chi connectivity index (χ1) is 11.4. The lowest BCUT2D eigenvalue weighted by Gasteiger charge is -2.10. The Labute approximate surface area is 162 Å². The molecule has 0 saturated heterocycles. The minimum atomic E-state index is -0.486. The maximum absolute atomic E-state index is 12.7. The van der Waals surface area contributed by atoms with Gasteiger partial charge in [0.15, 0.2) is 0 Å². The van der Waals surface area contributed by atoms with Crippen LogP contribution < -0.4 is 0 Å². The summed E-state index contributed by atoms with van der Waals surface area (Å²) < 4.78 is 0. The van der Waals surface area contributed by atoms with E-state index < -0.39 is 5.78 Å². The zero-order chi connectivity index (χ0) is 17.4. The van der Waals surface area contributed by atoms with Gasteiger partial charge in [-0.25, -0.2) is 4.98 Å². The maximum atomic E-state index is 12.7. The molecule has 1 aromatic heterocycles. The van der Waals surface area contributed by atoms with Crippen molar-refractivity contribution in [3.8, 4) is 11.4 Å². The number of hydrogen-bond donors (Lipinski definition) is 1. The molecule has 2 aromatic carbocycles. The van der Waals surface area contributed by atoms with E-state index in [2.05, 4.69) is 9.97 Å². The van der Waals surface area contributed by atoms with Crippen molar-refractivity contribution in [1.82, 2.24) is 9.97 Å². The largest absolute Gasteiger partial charge is 0.335 e. The minimum Gasteiger partial charge on any atom is -0.335 e. The Morgan fingerprint density at radius 3 is 1.96 bits per heavy atom. The first kappa shape index (κ1) is 17.6. The maximum Gasteiger partial charge on any atom is 0.213 e. The lowest BCUT2D eigenvalue weighted by Crippen LogP contribution is -2.05. The van der Waals surface area contributed by atoms with Crippen LogP contribution >= 0.6 is 58.0 Å². The number of carbonyl (C=O) groups excluding carboxylic acids is 1. The van der Waals surface area contributed by atoms with E-state index in [1.165, 1.54) is 6.20 Å². The van der Waals surface area contributed by atoms with Crippen LogP contribution in [-0.4, -0.2) is 15.8 Å². The number of halogens is 5. The van der Waals surface area contributed by atoms with Crippen LogP contribution in [0.5, 0.6) is 0 Å². The van der Waals surface area contributed by atoms with Crippen LogP contribution in [0, 0.1) is 0 Å². The number of carbonyl (C=O) groups is 1. The number of rotatable bonds is 3. The Morgan fingerprint density at radius 2 is 1.38 bits per heavy atom.